The molecule has 5 heteroatoms. The highest BCUT2D eigenvalue weighted by Crippen LogP contribution is 2.15. The van der Waals surface area contributed by atoms with Crippen molar-refractivity contribution in [1.29, 1.82) is 0 Å². The van der Waals surface area contributed by atoms with Gasteiger partial charge in [0, 0.05) is 13.1 Å². The Morgan fingerprint density at radius 2 is 2.24 bits per heavy atom. The van der Waals surface area contributed by atoms with Gasteiger partial charge in [-0.25, -0.2) is 4.99 Å². The first-order valence-electron chi connectivity index (χ1n) is 5.88. The van der Waals surface area contributed by atoms with Gasteiger partial charge in [-0.15, -0.1) is 6.42 Å². The van der Waals surface area contributed by atoms with Crippen molar-refractivity contribution >= 4 is 11.9 Å². The fourth-order valence-electron chi connectivity index (χ4n) is 1.70. The molecule has 1 aliphatic rings. The van der Waals surface area contributed by atoms with Gasteiger partial charge in [0.1, 0.15) is 6.54 Å². The van der Waals surface area contributed by atoms with Crippen molar-refractivity contribution < 1.29 is 4.79 Å². The molecular weight excluding hydrogens is 216 g/mol. The van der Waals surface area contributed by atoms with Crippen molar-refractivity contribution in [3.05, 3.63) is 0 Å². The van der Waals surface area contributed by atoms with E-state index in [-0.39, 0.29) is 19.0 Å². The number of nitrogens with one attached hydrogen (secondary N) is 1. The summed E-state index contributed by atoms with van der Waals surface area (Å²) in [6, 6.07) is 0. The lowest BCUT2D eigenvalue weighted by atomic mass is 10.00. The highest BCUT2D eigenvalue weighted by atomic mass is 16.1. The van der Waals surface area contributed by atoms with Gasteiger partial charge in [-0.1, -0.05) is 12.8 Å². The van der Waals surface area contributed by atoms with E-state index in [0.717, 1.165) is 31.8 Å². The molecule has 17 heavy (non-hydrogen) atoms. The highest BCUT2D eigenvalue weighted by Gasteiger charge is 2.16. The van der Waals surface area contributed by atoms with Crippen LogP contribution in [-0.4, -0.2) is 42.9 Å². The SMILES string of the molecule is C#CCNC(=O)CN=C(N)N1CCC(C)CC1. The van der Waals surface area contributed by atoms with Crippen LogP contribution in [-0.2, 0) is 4.79 Å². The molecule has 1 rings (SSSR count). The van der Waals surface area contributed by atoms with E-state index in [1.54, 1.807) is 0 Å². The summed E-state index contributed by atoms with van der Waals surface area (Å²) >= 11 is 0. The van der Waals surface area contributed by atoms with Crippen molar-refractivity contribution in [2.45, 2.75) is 19.8 Å². The summed E-state index contributed by atoms with van der Waals surface area (Å²) in [5.41, 5.74) is 5.83. The number of hydrogen-bond donors (Lipinski definition) is 2. The number of guanidine groups is 1. The number of carbonyl (C=O) groups excluding carboxylic acids is 1. The second-order valence-corrected chi connectivity index (χ2v) is 4.32. The maximum Gasteiger partial charge on any atom is 0.242 e. The predicted octanol–water partition coefficient (Wildman–Crippen LogP) is -0.218. The van der Waals surface area contributed by atoms with Gasteiger partial charge in [-0.3, -0.25) is 4.79 Å². The van der Waals surface area contributed by atoms with E-state index in [4.69, 9.17) is 12.2 Å². The maximum absolute atomic E-state index is 11.3. The first-order chi connectivity index (χ1) is 8.13. The number of likely N-dealkylation sites (tertiary alicyclic amines) is 1. The normalized spacial score (nSPS) is 17.6. The van der Waals surface area contributed by atoms with Crippen LogP contribution in [0.5, 0.6) is 0 Å². The van der Waals surface area contributed by atoms with Crippen LogP contribution in [0.4, 0.5) is 0 Å². The number of nitrogens with two attached hydrogens (primary N) is 1. The van der Waals surface area contributed by atoms with Crippen LogP contribution >= 0.6 is 0 Å². The third kappa shape index (κ3) is 4.77. The number of nitrogens with zero attached hydrogens (tertiary/aromatic N) is 2. The minimum absolute atomic E-state index is 0.0412. The average Bonchev–Trinajstić information content (AvgIpc) is 2.34. The fourth-order valence-corrected chi connectivity index (χ4v) is 1.70. The molecular formula is C12H20N4O. The summed E-state index contributed by atoms with van der Waals surface area (Å²) in [5.74, 6) is 3.33. The van der Waals surface area contributed by atoms with Gasteiger partial charge in [-0.05, 0) is 18.8 Å². The Kier molecular flexibility index (Phi) is 5.34. The van der Waals surface area contributed by atoms with Gasteiger partial charge in [0.2, 0.25) is 5.91 Å². The van der Waals surface area contributed by atoms with Gasteiger partial charge < -0.3 is 16.0 Å². The lowest BCUT2D eigenvalue weighted by Gasteiger charge is -2.30. The number of aliphatic imine (C=N–C) groups is 1. The third-order valence-corrected chi connectivity index (χ3v) is 2.88. The van der Waals surface area contributed by atoms with Crippen molar-refractivity contribution in [3.63, 3.8) is 0 Å². The third-order valence-electron chi connectivity index (χ3n) is 2.88. The number of rotatable bonds is 3. The molecule has 0 atom stereocenters. The minimum Gasteiger partial charge on any atom is -0.370 e. The van der Waals surface area contributed by atoms with Crippen molar-refractivity contribution in [2.24, 2.45) is 16.6 Å². The lowest BCUT2D eigenvalue weighted by Crippen LogP contribution is -2.43. The summed E-state index contributed by atoms with van der Waals surface area (Å²) in [6.45, 7) is 4.35. The number of amides is 1. The molecule has 1 saturated heterocycles. The molecule has 3 N–H and O–H groups in total. The highest BCUT2D eigenvalue weighted by molar-refractivity contribution is 5.84. The zero-order valence-corrected chi connectivity index (χ0v) is 10.3. The van der Waals surface area contributed by atoms with Gasteiger partial charge >= 0.3 is 0 Å². The van der Waals surface area contributed by atoms with Crippen LogP contribution in [0.15, 0.2) is 4.99 Å². The smallest absolute Gasteiger partial charge is 0.242 e. The number of hydrogen-bond acceptors (Lipinski definition) is 2. The largest absolute Gasteiger partial charge is 0.370 e. The van der Waals surface area contributed by atoms with Crippen molar-refractivity contribution in [3.8, 4) is 12.3 Å². The molecule has 0 radical (unpaired) electrons. The van der Waals surface area contributed by atoms with Gasteiger partial charge in [-0.2, -0.15) is 0 Å². The van der Waals surface area contributed by atoms with Crippen LogP contribution in [0.1, 0.15) is 19.8 Å². The van der Waals surface area contributed by atoms with E-state index in [0.29, 0.717) is 5.96 Å². The number of piperidine rings is 1. The zero-order valence-electron chi connectivity index (χ0n) is 10.3. The topological polar surface area (TPSA) is 70.7 Å². The molecule has 1 fully saturated rings. The predicted molar refractivity (Wildman–Crippen MR) is 68.3 cm³/mol. The summed E-state index contributed by atoms with van der Waals surface area (Å²) in [4.78, 5) is 17.3. The molecule has 0 unspecified atom stereocenters. The van der Waals surface area contributed by atoms with Crippen molar-refractivity contribution in [2.75, 3.05) is 26.2 Å². The molecule has 0 bridgehead atoms. The van der Waals surface area contributed by atoms with E-state index in [1.165, 1.54) is 0 Å². The monoisotopic (exact) mass is 236 g/mol. The number of terminal acetylenes is 1. The molecule has 94 valence electrons. The number of carbonyl (C=O) groups is 1. The molecule has 0 aromatic heterocycles. The standard InChI is InChI=1S/C12H20N4O/c1-3-6-14-11(17)9-15-12(13)16-7-4-10(2)5-8-16/h1,10H,4-9H2,2H3,(H2,13,15)(H,14,17). The zero-order chi connectivity index (χ0) is 12.7. The molecule has 0 aliphatic carbocycles. The van der Waals surface area contributed by atoms with Crippen LogP contribution in [0.3, 0.4) is 0 Å². The quantitative estimate of drug-likeness (QED) is 0.404. The molecule has 0 aromatic rings. The first kappa shape index (κ1) is 13.4. The molecule has 0 spiro atoms. The second kappa shape index (κ2) is 6.79. The van der Waals surface area contributed by atoms with Gasteiger partial charge in [0.25, 0.3) is 0 Å². The van der Waals surface area contributed by atoms with E-state index in [2.05, 4.69) is 23.2 Å². The Morgan fingerprint density at radius 3 is 2.82 bits per heavy atom. The molecule has 5 nitrogen and oxygen atoms in total. The Balaban J connectivity index is 2.34. The van der Waals surface area contributed by atoms with Crippen LogP contribution < -0.4 is 11.1 Å². The molecule has 0 aromatic carbocycles. The maximum atomic E-state index is 11.3. The second-order valence-electron chi connectivity index (χ2n) is 4.32. The van der Waals surface area contributed by atoms with Crippen LogP contribution in [0, 0.1) is 18.3 Å². The summed E-state index contributed by atoms with van der Waals surface area (Å²) in [6.07, 6.45) is 7.28. The summed E-state index contributed by atoms with van der Waals surface area (Å²) < 4.78 is 0. The van der Waals surface area contributed by atoms with E-state index < -0.39 is 0 Å². The van der Waals surface area contributed by atoms with E-state index >= 15 is 0 Å². The summed E-state index contributed by atoms with van der Waals surface area (Å²) in [7, 11) is 0. The van der Waals surface area contributed by atoms with E-state index in [9.17, 15) is 4.79 Å². The molecule has 1 aliphatic heterocycles. The fraction of sp³-hybridized carbons (Fsp3) is 0.667. The average molecular weight is 236 g/mol. The molecule has 1 amide bonds. The summed E-state index contributed by atoms with van der Waals surface area (Å²) in [5, 5.41) is 2.54. The minimum atomic E-state index is -0.198. The van der Waals surface area contributed by atoms with Crippen LogP contribution in [0.2, 0.25) is 0 Å². The lowest BCUT2D eigenvalue weighted by molar-refractivity contribution is -0.119. The Morgan fingerprint density at radius 1 is 1.59 bits per heavy atom. The van der Waals surface area contributed by atoms with Crippen molar-refractivity contribution in [1.82, 2.24) is 10.2 Å². The Bertz CT molecular complexity index is 324. The van der Waals surface area contributed by atoms with Gasteiger partial charge in [0.05, 0.1) is 6.54 Å². The first-order valence-corrected chi connectivity index (χ1v) is 5.88. The Hall–Kier alpha value is -1.70. The van der Waals surface area contributed by atoms with E-state index in [1.807, 2.05) is 4.90 Å². The van der Waals surface area contributed by atoms with Crippen LogP contribution in [0.25, 0.3) is 0 Å². The molecule has 1 heterocycles. The van der Waals surface area contributed by atoms with Gasteiger partial charge in [0.15, 0.2) is 5.96 Å². The molecule has 0 saturated carbocycles. The Labute approximate surface area is 102 Å².